The van der Waals surface area contributed by atoms with Gasteiger partial charge in [-0.1, -0.05) is 0 Å². The monoisotopic (exact) mass is 189 g/mol. The largest absolute Gasteiger partial charge is 0.320 e. The fraction of sp³-hybridized carbons (Fsp3) is 1.00. The molecule has 4 heteroatoms. The summed E-state index contributed by atoms with van der Waals surface area (Å²) < 4.78 is 21.9. The van der Waals surface area contributed by atoms with Crippen molar-refractivity contribution in [3.63, 3.8) is 0 Å². The smallest absolute Gasteiger partial charge is 0.151 e. The Labute approximate surface area is 73.5 Å². The Morgan fingerprint density at radius 1 is 1.50 bits per heavy atom. The van der Waals surface area contributed by atoms with E-state index in [0.717, 1.165) is 19.4 Å². The van der Waals surface area contributed by atoms with Gasteiger partial charge in [0.2, 0.25) is 0 Å². The molecule has 0 aromatic rings. The van der Waals surface area contributed by atoms with Crippen LogP contribution in [0.2, 0.25) is 0 Å². The highest BCUT2D eigenvalue weighted by Crippen LogP contribution is 2.61. The first-order valence-corrected chi connectivity index (χ1v) is 6.25. The molecular weight excluding hydrogens is 174 g/mol. The van der Waals surface area contributed by atoms with Crippen LogP contribution in [0.4, 0.5) is 0 Å². The van der Waals surface area contributed by atoms with Gasteiger partial charge < -0.3 is 5.32 Å². The summed E-state index contributed by atoms with van der Waals surface area (Å²) in [6.45, 7) is 1.02. The van der Waals surface area contributed by atoms with Gasteiger partial charge in [-0.15, -0.1) is 0 Å². The van der Waals surface area contributed by atoms with E-state index < -0.39 is 9.84 Å². The summed E-state index contributed by atoms with van der Waals surface area (Å²) in [6.07, 6.45) is 2.29. The molecule has 2 aliphatic rings. The standard InChI is InChI=1S/C8H15NO2S/c1-9-3-2-7-4-8(7)5-12(10,11)6-8/h7,9H,2-6H2,1H3. The first-order chi connectivity index (χ1) is 5.58. The van der Waals surface area contributed by atoms with Crippen LogP contribution >= 0.6 is 0 Å². The Kier molecular flexibility index (Phi) is 1.74. The molecule has 1 atom stereocenters. The van der Waals surface area contributed by atoms with Crippen LogP contribution in [-0.4, -0.2) is 33.5 Å². The number of hydrogen-bond acceptors (Lipinski definition) is 3. The minimum atomic E-state index is -2.60. The van der Waals surface area contributed by atoms with Gasteiger partial charge in [0, 0.05) is 5.41 Å². The number of sulfone groups is 1. The molecule has 1 saturated carbocycles. The van der Waals surface area contributed by atoms with E-state index in [9.17, 15) is 8.42 Å². The molecule has 70 valence electrons. The van der Waals surface area contributed by atoms with Gasteiger partial charge in [-0.05, 0) is 32.4 Å². The maximum absolute atomic E-state index is 10.9. The van der Waals surface area contributed by atoms with Gasteiger partial charge in [0.1, 0.15) is 0 Å². The second-order valence-corrected chi connectivity index (χ2v) is 6.25. The molecule has 3 nitrogen and oxygen atoms in total. The van der Waals surface area contributed by atoms with Gasteiger partial charge in [0.05, 0.1) is 11.5 Å². The van der Waals surface area contributed by atoms with Gasteiger partial charge in [-0.2, -0.15) is 0 Å². The molecule has 2 rings (SSSR count). The van der Waals surface area contributed by atoms with Gasteiger partial charge in [0.25, 0.3) is 0 Å². The number of rotatable bonds is 3. The average molecular weight is 189 g/mol. The molecule has 1 unspecified atom stereocenters. The molecule has 1 aliphatic heterocycles. The third-order valence-electron chi connectivity index (χ3n) is 3.12. The normalized spacial score (nSPS) is 34.6. The molecule has 1 spiro atoms. The molecule has 1 N–H and O–H groups in total. The zero-order valence-corrected chi connectivity index (χ0v) is 8.15. The van der Waals surface area contributed by atoms with Crippen molar-refractivity contribution in [2.75, 3.05) is 25.1 Å². The van der Waals surface area contributed by atoms with E-state index in [4.69, 9.17) is 0 Å². The topological polar surface area (TPSA) is 46.2 Å². The minimum Gasteiger partial charge on any atom is -0.320 e. The molecule has 0 bridgehead atoms. The molecule has 2 fully saturated rings. The molecule has 1 aliphatic carbocycles. The van der Waals surface area contributed by atoms with Crippen LogP contribution < -0.4 is 5.32 Å². The van der Waals surface area contributed by atoms with Gasteiger partial charge in [0.15, 0.2) is 9.84 Å². The summed E-state index contributed by atoms with van der Waals surface area (Å²) in [6, 6.07) is 0. The van der Waals surface area contributed by atoms with E-state index in [2.05, 4.69) is 5.32 Å². The maximum Gasteiger partial charge on any atom is 0.151 e. The lowest BCUT2D eigenvalue weighted by Gasteiger charge is -2.26. The van der Waals surface area contributed by atoms with Gasteiger partial charge in [-0.25, -0.2) is 8.42 Å². The Balaban J connectivity index is 1.81. The van der Waals surface area contributed by atoms with Crippen molar-refractivity contribution in [1.82, 2.24) is 5.32 Å². The molecule has 0 aromatic carbocycles. The quantitative estimate of drug-likeness (QED) is 0.681. The second kappa shape index (κ2) is 2.45. The van der Waals surface area contributed by atoms with Crippen molar-refractivity contribution in [2.24, 2.45) is 11.3 Å². The SMILES string of the molecule is CNCCC1CC12CS(=O)(=O)C2. The zero-order valence-electron chi connectivity index (χ0n) is 7.34. The summed E-state index contributed by atoms with van der Waals surface area (Å²) in [7, 11) is -0.668. The highest BCUT2D eigenvalue weighted by atomic mass is 32.2. The summed E-state index contributed by atoms with van der Waals surface area (Å²) >= 11 is 0. The molecule has 0 aromatic heterocycles. The fourth-order valence-electron chi connectivity index (χ4n) is 2.35. The molecule has 0 radical (unpaired) electrons. The van der Waals surface area contributed by atoms with Crippen LogP contribution in [0.5, 0.6) is 0 Å². The lowest BCUT2D eigenvalue weighted by molar-refractivity contribution is 0.463. The second-order valence-electron chi connectivity index (χ2n) is 4.19. The van der Waals surface area contributed by atoms with Crippen LogP contribution in [0.15, 0.2) is 0 Å². The van der Waals surface area contributed by atoms with Crippen LogP contribution in [0.25, 0.3) is 0 Å². The van der Waals surface area contributed by atoms with Crippen molar-refractivity contribution in [2.45, 2.75) is 12.8 Å². The Morgan fingerprint density at radius 2 is 2.17 bits per heavy atom. The van der Waals surface area contributed by atoms with Crippen LogP contribution in [-0.2, 0) is 9.84 Å². The molecule has 12 heavy (non-hydrogen) atoms. The van der Waals surface area contributed by atoms with E-state index in [1.807, 2.05) is 7.05 Å². The van der Waals surface area contributed by atoms with E-state index in [1.165, 1.54) is 0 Å². The minimum absolute atomic E-state index is 0.246. The third kappa shape index (κ3) is 1.27. The Hall–Kier alpha value is -0.0900. The highest BCUT2D eigenvalue weighted by Gasteiger charge is 2.63. The summed E-state index contributed by atoms with van der Waals surface area (Å²) in [5.74, 6) is 1.62. The Morgan fingerprint density at radius 3 is 2.67 bits per heavy atom. The lowest BCUT2D eigenvalue weighted by Crippen LogP contribution is -2.39. The summed E-state index contributed by atoms with van der Waals surface area (Å²) in [4.78, 5) is 0. The third-order valence-corrected chi connectivity index (χ3v) is 5.15. The molecule has 1 heterocycles. The predicted octanol–water partition coefficient (Wildman–Crippen LogP) is 0.0306. The number of nitrogens with one attached hydrogen (secondary N) is 1. The summed E-state index contributed by atoms with van der Waals surface area (Å²) in [5.41, 5.74) is 0.246. The van der Waals surface area contributed by atoms with Crippen molar-refractivity contribution < 1.29 is 8.42 Å². The lowest BCUT2D eigenvalue weighted by atomic mass is 10.1. The highest BCUT2D eigenvalue weighted by molar-refractivity contribution is 7.92. The van der Waals surface area contributed by atoms with Crippen LogP contribution in [0.3, 0.4) is 0 Å². The number of hydrogen-bond donors (Lipinski definition) is 1. The van der Waals surface area contributed by atoms with E-state index >= 15 is 0 Å². The van der Waals surface area contributed by atoms with Gasteiger partial charge in [-0.3, -0.25) is 0 Å². The van der Waals surface area contributed by atoms with Crippen LogP contribution in [0.1, 0.15) is 12.8 Å². The van der Waals surface area contributed by atoms with E-state index in [0.29, 0.717) is 17.4 Å². The van der Waals surface area contributed by atoms with Crippen LogP contribution in [0, 0.1) is 11.3 Å². The van der Waals surface area contributed by atoms with E-state index in [1.54, 1.807) is 0 Å². The first kappa shape index (κ1) is 8.51. The fourth-order valence-corrected chi connectivity index (χ4v) is 4.72. The van der Waals surface area contributed by atoms with Crippen molar-refractivity contribution in [3.8, 4) is 0 Å². The molecular formula is C8H15NO2S. The Bertz CT molecular complexity index is 271. The van der Waals surface area contributed by atoms with Gasteiger partial charge >= 0.3 is 0 Å². The van der Waals surface area contributed by atoms with Crippen molar-refractivity contribution >= 4 is 9.84 Å². The van der Waals surface area contributed by atoms with E-state index in [-0.39, 0.29) is 5.41 Å². The van der Waals surface area contributed by atoms with Crippen molar-refractivity contribution in [3.05, 3.63) is 0 Å². The summed E-state index contributed by atoms with van der Waals surface area (Å²) in [5, 5.41) is 3.10. The average Bonchev–Trinajstić information content (AvgIpc) is 2.56. The van der Waals surface area contributed by atoms with Crippen molar-refractivity contribution in [1.29, 1.82) is 0 Å². The predicted molar refractivity (Wildman–Crippen MR) is 47.7 cm³/mol. The first-order valence-electron chi connectivity index (χ1n) is 4.43. The maximum atomic E-state index is 10.9. The zero-order chi connectivity index (χ0) is 8.82. The molecule has 1 saturated heterocycles. The molecule has 0 amide bonds.